The molecule has 2 N–H and O–H groups in total. The molecule has 0 aromatic heterocycles. The van der Waals surface area contributed by atoms with Gasteiger partial charge in [0.05, 0.1) is 24.2 Å². The number of carbonyl (C=O) groups is 3. The Morgan fingerprint density at radius 2 is 1.88 bits per heavy atom. The highest BCUT2D eigenvalue weighted by atomic mass is 16.2. The summed E-state index contributed by atoms with van der Waals surface area (Å²) >= 11 is 0. The maximum atomic E-state index is 13.2. The Morgan fingerprint density at radius 3 is 2.55 bits per heavy atom. The predicted octanol–water partition coefficient (Wildman–Crippen LogP) is 0.265. The van der Waals surface area contributed by atoms with E-state index in [0.29, 0.717) is 24.8 Å². The number of benzene rings is 1. The third kappa shape index (κ3) is 5.52. The van der Waals surface area contributed by atoms with E-state index in [1.165, 1.54) is 0 Å². The van der Waals surface area contributed by atoms with Crippen molar-refractivity contribution < 1.29 is 14.4 Å². The molecule has 1 aromatic carbocycles. The number of hydrogen-bond donors (Lipinski definition) is 2. The molecule has 33 heavy (non-hydrogen) atoms. The van der Waals surface area contributed by atoms with E-state index in [1.807, 2.05) is 17.0 Å². The number of amides is 3. The highest BCUT2D eigenvalue weighted by Crippen LogP contribution is 2.32. The molecule has 9 nitrogen and oxygen atoms in total. The average molecular weight is 453 g/mol. The van der Waals surface area contributed by atoms with Crippen LogP contribution in [0.3, 0.4) is 0 Å². The number of nitriles is 1. The molecule has 9 heteroatoms. The van der Waals surface area contributed by atoms with Crippen molar-refractivity contribution in [1.29, 1.82) is 5.26 Å². The Hall–Kier alpha value is -2.96. The van der Waals surface area contributed by atoms with Crippen LogP contribution in [-0.4, -0.2) is 83.9 Å². The SMILES string of the molecule is CC(=O)N1CCN(C2CCC3NCN(CC(=O)NCc4ccc(C#N)cc4)C(=O)C3C2)CC1. The van der Waals surface area contributed by atoms with Gasteiger partial charge in [-0.25, -0.2) is 0 Å². The Balaban J connectivity index is 1.27. The molecule has 3 aliphatic rings. The number of rotatable bonds is 5. The van der Waals surface area contributed by atoms with Gasteiger partial charge in [-0.15, -0.1) is 0 Å². The predicted molar refractivity (Wildman–Crippen MR) is 121 cm³/mol. The highest BCUT2D eigenvalue weighted by Gasteiger charge is 2.42. The van der Waals surface area contributed by atoms with E-state index in [1.54, 1.807) is 24.0 Å². The van der Waals surface area contributed by atoms with Gasteiger partial charge < -0.3 is 15.1 Å². The van der Waals surface area contributed by atoms with Gasteiger partial charge in [-0.2, -0.15) is 5.26 Å². The molecule has 3 fully saturated rings. The molecule has 1 aliphatic carbocycles. The second-order valence-electron chi connectivity index (χ2n) is 9.21. The van der Waals surface area contributed by atoms with Crippen LogP contribution in [0.1, 0.15) is 37.3 Å². The molecule has 2 saturated heterocycles. The summed E-state index contributed by atoms with van der Waals surface area (Å²) in [5, 5.41) is 15.2. The van der Waals surface area contributed by atoms with E-state index in [-0.39, 0.29) is 36.2 Å². The topological polar surface area (TPSA) is 109 Å². The maximum Gasteiger partial charge on any atom is 0.239 e. The fourth-order valence-electron chi connectivity index (χ4n) is 5.20. The highest BCUT2D eigenvalue weighted by molar-refractivity contribution is 5.86. The minimum atomic E-state index is -0.194. The van der Waals surface area contributed by atoms with Crippen LogP contribution in [0.4, 0.5) is 0 Å². The number of fused-ring (bicyclic) bond motifs is 1. The lowest BCUT2D eigenvalue weighted by Crippen LogP contribution is -2.62. The minimum Gasteiger partial charge on any atom is -0.350 e. The summed E-state index contributed by atoms with van der Waals surface area (Å²) in [6.45, 7) is 5.60. The zero-order valence-corrected chi connectivity index (χ0v) is 19.1. The Labute approximate surface area is 194 Å². The fraction of sp³-hybridized carbons (Fsp3) is 0.583. The lowest BCUT2D eigenvalue weighted by molar-refractivity contribution is -0.146. The molecule has 0 spiro atoms. The summed E-state index contributed by atoms with van der Waals surface area (Å²) < 4.78 is 0. The maximum absolute atomic E-state index is 13.2. The second kappa shape index (κ2) is 10.3. The molecule has 3 amide bonds. The normalized spacial score (nSPS) is 25.8. The third-order valence-corrected chi connectivity index (χ3v) is 7.18. The van der Waals surface area contributed by atoms with Crippen LogP contribution in [0.15, 0.2) is 24.3 Å². The number of piperazine rings is 1. The zero-order chi connectivity index (χ0) is 23.4. The van der Waals surface area contributed by atoms with Gasteiger partial charge in [0, 0.05) is 51.7 Å². The first-order valence-electron chi connectivity index (χ1n) is 11.7. The first kappa shape index (κ1) is 23.2. The fourth-order valence-corrected chi connectivity index (χ4v) is 5.20. The van der Waals surface area contributed by atoms with Crippen molar-refractivity contribution in [1.82, 2.24) is 25.3 Å². The van der Waals surface area contributed by atoms with Crippen molar-refractivity contribution >= 4 is 17.7 Å². The lowest BCUT2D eigenvalue weighted by atomic mass is 9.79. The zero-order valence-electron chi connectivity index (χ0n) is 19.1. The van der Waals surface area contributed by atoms with Gasteiger partial charge in [0.25, 0.3) is 0 Å². The van der Waals surface area contributed by atoms with Crippen LogP contribution >= 0.6 is 0 Å². The first-order valence-corrected chi connectivity index (χ1v) is 11.7. The summed E-state index contributed by atoms with van der Waals surface area (Å²) in [6, 6.07) is 9.66. The smallest absolute Gasteiger partial charge is 0.239 e. The number of nitrogens with zero attached hydrogens (tertiary/aromatic N) is 4. The molecule has 0 radical (unpaired) electrons. The quantitative estimate of drug-likeness (QED) is 0.664. The molecule has 4 rings (SSSR count). The number of hydrogen-bond acceptors (Lipinski definition) is 6. The van der Waals surface area contributed by atoms with Crippen molar-refractivity contribution in [2.75, 3.05) is 39.4 Å². The van der Waals surface area contributed by atoms with Crippen molar-refractivity contribution in [3.05, 3.63) is 35.4 Å². The molecule has 2 heterocycles. The van der Waals surface area contributed by atoms with Crippen molar-refractivity contribution in [2.24, 2.45) is 5.92 Å². The molecular formula is C24H32N6O3. The lowest BCUT2D eigenvalue weighted by Gasteiger charge is -2.47. The monoisotopic (exact) mass is 452 g/mol. The van der Waals surface area contributed by atoms with Crippen LogP contribution in [0, 0.1) is 17.2 Å². The summed E-state index contributed by atoms with van der Waals surface area (Å²) in [5.41, 5.74) is 1.49. The van der Waals surface area contributed by atoms with E-state index in [0.717, 1.165) is 51.0 Å². The third-order valence-electron chi connectivity index (χ3n) is 7.18. The van der Waals surface area contributed by atoms with E-state index in [2.05, 4.69) is 21.6 Å². The van der Waals surface area contributed by atoms with Crippen molar-refractivity contribution in [3.63, 3.8) is 0 Å². The van der Waals surface area contributed by atoms with Gasteiger partial charge in [0.1, 0.15) is 6.54 Å². The average Bonchev–Trinajstić information content (AvgIpc) is 2.84. The van der Waals surface area contributed by atoms with Crippen LogP contribution in [0.25, 0.3) is 0 Å². The molecule has 2 aliphatic heterocycles. The molecular weight excluding hydrogens is 420 g/mol. The van der Waals surface area contributed by atoms with Gasteiger partial charge >= 0.3 is 0 Å². The van der Waals surface area contributed by atoms with Crippen molar-refractivity contribution in [2.45, 2.75) is 44.8 Å². The first-order chi connectivity index (χ1) is 15.9. The van der Waals surface area contributed by atoms with Crippen LogP contribution < -0.4 is 10.6 Å². The van der Waals surface area contributed by atoms with Gasteiger partial charge in [-0.05, 0) is 37.0 Å². The Kier molecular flexibility index (Phi) is 7.26. The van der Waals surface area contributed by atoms with Gasteiger partial charge in [-0.1, -0.05) is 12.1 Å². The van der Waals surface area contributed by atoms with E-state index in [9.17, 15) is 14.4 Å². The molecule has 1 aromatic rings. The van der Waals surface area contributed by atoms with Crippen LogP contribution in [0.5, 0.6) is 0 Å². The Bertz CT molecular complexity index is 919. The second-order valence-corrected chi connectivity index (χ2v) is 9.21. The van der Waals surface area contributed by atoms with Crippen molar-refractivity contribution in [3.8, 4) is 6.07 Å². The standard InChI is InChI=1S/C24H32N6O3/c1-17(31)28-8-10-29(11-9-28)20-6-7-22-21(12-20)24(33)30(16-27-22)15-23(32)26-14-19-4-2-18(13-25)3-5-19/h2-5,20-22,27H,6-12,14-16H2,1H3,(H,26,32). The van der Waals surface area contributed by atoms with Crippen LogP contribution in [0.2, 0.25) is 0 Å². The summed E-state index contributed by atoms with van der Waals surface area (Å²) in [6.07, 6.45) is 2.79. The van der Waals surface area contributed by atoms with Gasteiger partial charge in [0.15, 0.2) is 0 Å². The largest absolute Gasteiger partial charge is 0.350 e. The molecule has 3 atom stereocenters. The number of carbonyl (C=O) groups excluding carboxylic acids is 3. The number of nitrogens with one attached hydrogen (secondary N) is 2. The van der Waals surface area contributed by atoms with E-state index in [4.69, 9.17) is 5.26 Å². The van der Waals surface area contributed by atoms with E-state index < -0.39 is 0 Å². The summed E-state index contributed by atoms with van der Waals surface area (Å²) in [4.78, 5) is 43.2. The molecule has 176 valence electrons. The summed E-state index contributed by atoms with van der Waals surface area (Å²) in [5.74, 6) is -0.132. The van der Waals surface area contributed by atoms with Crippen LogP contribution in [-0.2, 0) is 20.9 Å². The summed E-state index contributed by atoms with van der Waals surface area (Å²) in [7, 11) is 0. The van der Waals surface area contributed by atoms with Gasteiger partial charge in [-0.3, -0.25) is 24.6 Å². The molecule has 3 unspecified atom stereocenters. The molecule has 0 bridgehead atoms. The Morgan fingerprint density at radius 1 is 1.15 bits per heavy atom. The van der Waals surface area contributed by atoms with Gasteiger partial charge in [0.2, 0.25) is 17.7 Å². The van der Waals surface area contributed by atoms with E-state index >= 15 is 0 Å². The minimum absolute atomic E-state index is 0.0350. The molecule has 1 saturated carbocycles.